The minimum atomic E-state index is -0.429. The first-order valence-electron chi connectivity index (χ1n) is 11.3. The van der Waals surface area contributed by atoms with Gasteiger partial charge in [0.2, 0.25) is 0 Å². The molecule has 0 N–H and O–H groups in total. The first-order chi connectivity index (χ1) is 16.9. The first-order valence-corrected chi connectivity index (χ1v) is 12.9. The number of ether oxygens (including phenoxy) is 1. The number of amides is 2. The summed E-state index contributed by atoms with van der Waals surface area (Å²) in [5.41, 5.74) is 3.02. The van der Waals surface area contributed by atoms with Crippen LogP contribution in [0.3, 0.4) is 0 Å². The number of thioether (sulfide) groups is 2. The molecule has 0 atom stereocenters. The molecule has 0 unspecified atom stereocenters. The van der Waals surface area contributed by atoms with Crippen LogP contribution in [-0.4, -0.2) is 24.4 Å². The van der Waals surface area contributed by atoms with Gasteiger partial charge in [0.05, 0.1) is 27.7 Å². The van der Waals surface area contributed by atoms with Gasteiger partial charge in [-0.3, -0.25) is 9.59 Å². The highest BCUT2D eigenvalue weighted by molar-refractivity contribution is 8.08. The largest absolute Gasteiger partial charge is 0.462 e. The van der Waals surface area contributed by atoms with E-state index in [1.165, 1.54) is 28.4 Å². The van der Waals surface area contributed by atoms with Crippen molar-refractivity contribution in [1.82, 2.24) is 0 Å². The van der Waals surface area contributed by atoms with Gasteiger partial charge >= 0.3 is 5.97 Å². The normalized spacial score (nSPS) is 13.5. The number of nitrogens with zero attached hydrogens (tertiary/aromatic N) is 1. The molecular formula is C28H25NO4S2. The Bertz CT molecular complexity index is 1210. The van der Waals surface area contributed by atoms with Crippen LogP contribution in [0.4, 0.5) is 5.69 Å². The number of esters is 1. The van der Waals surface area contributed by atoms with Crippen LogP contribution in [0, 0.1) is 13.8 Å². The predicted octanol–water partition coefficient (Wildman–Crippen LogP) is 6.54. The van der Waals surface area contributed by atoms with Crippen molar-refractivity contribution in [3.63, 3.8) is 0 Å². The molecular weight excluding hydrogens is 478 g/mol. The van der Waals surface area contributed by atoms with Gasteiger partial charge in [-0.05, 0) is 68.8 Å². The second-order valence-corrected chi connectivity index (χ2v) is 10.3. The van der Waals surface area contributed by atoms with E-state index in [0.717, 1.165) is 27.3 Å². The van der Waals surface area contributed by atoms with Crippen molar-refractivity contribution in [2.45, 2.75) is 37.0 Å². The Labute approximate surface area is 213 Å². The molecule has 7 heteroatoms. The number of rotatable bonds is 8. The summed E-state index contributed by atoms with van der Waals surface area (Å²) in [5.74, 6) is -1.19. The third-order valence-electron chi connectivity index (χ3n) is 5.28. The number of aryl methyl sites for hydroxylation is 2. The molecule has 1 aliphatic rings. The summed E-state index contributed by atoms with van der Waals surface area (Å²) >= 11 is 2.58. The van der Waals surface area contributed by atoms with E-state index in [1.54, 1.807) is 24.3 Å². The molecule has 0 radical (unpaired) electrons. The Morgan fingerprint density at radius 2 is 1.20 bits per heavy atom. The summed E-state index contributed by atoms with van der Waals surface area (Å²) in [5, 5.41) is 0. The highest BCUT2D eigenvalue weighted by Gasteiger charge is 2.40. The Hall–Kier alpha value is -3.29. The molecule has 0 saturated heterocycles. The molecule has 3 aromatic rings. The zero-order valence-corrected chi connectivity index (χ0v) is 21.4. The number of hydrogen-bond donors (Lipinski definition) is 0. The van der Waals surface area contributed by atoms with Gasteiger partial charge in [0.1, 0.15) is 0 Å². The van der Waals surface area contributed by atoms with Gasteiger partial charge in [-0.15, -0.1) is 0 Å². The van der Waals surface area contributed by atoms with Crippen LogP contribution < -0.4 is 4.90 Å². The van der Waals surface area contributed by atoms with E-state index in [-0.39, 0.29) is 11.8 Å². The molecule has 0 aliphatic carbocycles. The zero-order chi connectivity index (χ0) is 24.9. The molecule has 0 aromatic heterocycles. The molecule has 5 nitrogen and oxygen atoms in total. The van der Waals surface area contributed by atoms with Crippen LogP contribution >= 0.6 is 23.5 Å². The third kappa shape index (κ3) is 5.69. The van der Waals surface area contributed by atoms with Crippen LogP contribution in [0.25, 0.3) is 0 Å². The van der Waals surface area contributed by atoms with Crippen LogP contribution in [-0.2, 0) is 14.3 Å². The van der Waals surface area contributed by atoms with Crippen molar-refractivity contribution in [3.05, 3.63) is 99.3 Å². The fourth-order valence-electron chi connectivity index (χ4n) is 3.38. The fourth-order valence-corrected chi connectivity index (χ4v) is 5.36. The Balaban J connectivity index is 1.65. The second kappa shape index (κ2) is 11.0. The molecule has 1 heterocycles. The quantitative estimate of drug-likeness (QED) is 0.257. The van der Waals surface area contributed by atoms with Gasteiger partial charge in [-0.25, -0.2) is 9.69 Å². The monoisotopic (exact) mass is 503 g/mol. The lowest BCUT2D eigenvalue weighted by molar-refractivity contribution is -0.120. The predicted molar refractivity (Wildman–Crippen MR) is 141 cm³/mol. The van der Waals surface area contributed by atoms with Crippen molar-refractivity contribution in [1.29, 1.82) is 0 Å². The van der Waals surface area contributed by atoms with E-state index in [2.05, 4.69) is 0 Å². The molecule has 3 aromatic carbocycles. The molecule has 4 rings (SSSR count). The van der Waals surface area contributed by atoms with Crippen LogP contribution in [0.1, 0.15) is 34.8 Å². The maximum Gasteiger partial charge on any atom is 0.338 e. The number of benzene rings is 3. The standard InChI is InChI=1S/C28H25NO4S2/c1-4-17-33-28(32)20-9-11-21(12-10-20)29-26(30)24(34-22-13-5-18(2)6-14-22)25(27(29)31)35-23-15-7-19(3)8-16-23/h5-16H,4,17H2,1-3H3. The van der Waals surface area contributed by atoms with E-state index in [4.69, 9.17) is 4.74 Å². The third-order valence-corrected chi connectivity index (χ3v) is 7.59. The zero-order valence-electron chi connectivity index (χ0n) is 19.7. The number of carbonyl (C=O) groups excluding carboxylic acids is 3. The molecule has 0 saturated carbocycles. The lowest BCUT2D eigenvalue weighted by atomic mass is 10.2. The summed E-state index contributed by atoms with van der Waals surface area (Å²) in [6.07, 6.45) is 0.731. The fraction of sp³-hybridized carbons (Fsp3) is 0.179. The number of imide groups is 1. The first kappa shape index (κ1) is 24.8. The molecule has 2 amide bonds. The minimum Gasteiger partial charge on any atom is -0.462 e. The van der Waals surface area contributed by atoms with E-state index in [9.17, 15) is 14.4 Å². The van der Waals surface area contributed by atoms with Crippen molar-refractivity contribution in [2.24, 2.45) is 0 Å². The van der Waals surface area contributed by atoms with Gasteiger partial charge in [0, 0.05) is 9.79 Å². The topological polar surface area (TPSA) is 63.7 Å². The smallest absolute Gasteiger partial charge is 0.338 e. The SMILES string of the molecule is CCCOC(=O)c1ccc(N2C(=O)C(Sc3ccc(C)cc3)=C(Sc3ccc(C)cc3)C2=O)cc1. The summed E-state index contributed by atoms with van der Waals surface area (Å²) in [4.78, 5) is 42.9. The lowest BCUT2D eigenvalue weighted by Gasteiger charge is -2.15. The van der Waals surface area contributed by atoms with E-state index < -0.39 is 5.97 Å². The average molecular weight is 504 g/mol. The molecule has 0 spiro atoms. The number of anilines is 1. The van der Waals surface area contributed by atoms with E-state index in [0.29, 0.717) is 27.7 Å². The summed E-state index contributed by atoms with van der Waals surface area (Å²) < 4.78 is 5.17. The van der Waals surface area contributed by atoms with Crippen molar-refractivity contribution < 1.29 is 19.1 Å². The highest BCUT2D eigenvalue weighted by atomic mass is 32.2. The van der Waals surface area contributed by atoms with Crippen molar-refractivity contribution >= 4 is 47.0 Å². The van der Waals surface area contributed by atoms with E-state index in [1.807, 2.05) is 69.3 Å². The second-order valence-electron chi connectivity index (χ2n) is 8.12. The summed E-state index contributed by atoms with van der Waals surface area (Å²) in [7, 11) is 0. The van der Waals surface area contributed by atoms with Crippen molar-refractivity contribution in [3.8, 4) is 0 Å². The molecule has 0 bridgehead atoms. The van der Waals surface area contributed by atoms with Gasteiger partial charge in [0.25, 0.3) is 11.8 Å². The Morgan fingerprint density at radius 1 is 0.743 bits per heavy atom. The van der Waals surface area contributed by atoms with Crippen LogP contribution in [0.5, 0.6) is 0 Å². The van der Waals surface area contributed by atoms with Crippen molar-refractivity contribution in [2.75, 3.05) is 11.5 Å². The van der Waals surface area contributed by atoms with Gasteiger partial charge in [0.15, 0.2) is 0 Å². The van der Waals surface area contributed by atoms with Crippen LogP contribution in [0.15, 0.2) is 92.4 Å². The summed E-state index contributed by atoms with van der Waals surface area (Å²) in [6.45, 7) is 6.26. The van der Waals surface area contributed by atoms with Crippen LogP contribution in [0.2, 0.25) is 0 Å². The Morgan fingerprint density at radius 3 is 1.63 bits per heavy atom. The summed E-state index contributed by atoms with van der Waals surface area (Å²) in [6, 6.07) is 22.0. The van der Waals surface area contributed by atoms with Gasteiger partial charge in [-0.2, -0.15) is 0 Å². The number of hydrogen-bond acceptors (Lipinski definition) is 6. The molecule has 35 heavy (non-hydrogen) atoms. The van der Waals surface area contributed by atoms with Gasteiger partial charge in [-0.1, -0.05) is 65.8 Å². The lowest BCUT2D eigenvalue weighted by Crippen LogP contribution is -2.31. The van der Waals surface area contributed by atoms with E-state index >= 15 is 0 Å². The maximum atomic E-state index is 13.5. The minimum absolute atomic E-state index is 0.340. The molecule has 1 aliphatic heterocycles. The average Bonchev–Trinajstić information content (AvgIpc) is 3.09. The highest BCUT2D eigenvalue weighted by Crippen LogP contribution is 2.44. The molecule has 0 fully saturated rings. The van der Waals surface area contributed by atoms with Gasteiger partial charge < -0.3 is 4.74 Å². The Kier molecular flexibility index (Phi) is 7.78. The molecule has 178 valence electrons. The number of carbonyl (C=O) groups is 3. The maximum absolute atomic E-state index is 13.5.